The second-order valence-corrected chi connectivity index (χ2v) is 7.71. The summed E-state index contributed by atoms with van der Waals surface area (Å²) in [6.07, 6.45) is 1.09. The highest BCUT2D eigenvalue weighted by Crippen LogP contribution is 2.23. The molecule has 1 aromatic heterocycles. The molecule has 0 N–H and O–H groups in total. The number of benzene rings is 2. The quantitative estimate of drug-likeness (QED) is 0.592. The van der Waals surface area contributed by atoms with E-state index in [0.29, 0.717) is 18.7 Å². The third-order valence-corrected chi connectivity index (χ3v) is 5.45. The van der Waals surface area contributed by atoms with Crippen molar-refractivity contribution in [1.29, 1.82) is 0 Å². The lowest BCUT2D eigenvalue weighted by Crippen LogP contribution is -2.30. The van der Waals surface area contributed by atoms with Gasteiger partial charge in [0.25, 0.3) is 0 Å². The molecule has 0 bridgehead atoms. The lowest BCUT2D eigenvalue weighted by molar-refractivity contribution is -0.131. The van der Waals surface area contributed by atoms with E-state index in [1.165, 1.54) is 29.8 Å². The predicted molar refractivity (Wildman–Crippen MR) is 112 cm³/mol. The fourth-order valence-electron chi connectivity index (χ4n) is 3.70. The van der Waals surface area contributed by atoms with Gasteiger partial charge in [-0.2, -0.15) is 5.10 Å². The van der Waals surface area contributed by atoms with Crippen LogP contribution in [0.4, 0.5) is 4.39 Å². The smallest absolute Gasteiger partial charge is 0.223 e. The van der Waals surface area contributed by atoms with Gasteiger partial charge in [-0.05, 0) is 43.7 Å². The molecule has 3 aromatic rings. The average Bonchev–Trinajstić information content (AvgIpc) is 3.04. The van der Waals surface area contributed by atoms with Gasteiger partial charge in [-0.3, -0.25) is 14.3 Å². The molecule has 5 nitrogen and oxygen atoms in total. The Morgan fingerprint density at radius 2 is 1.73 bits per heavy atom. The molecule has 0 unspecified atom stereocenters. The number of halogens is 1. The first-order valence-electron chi connectivity index (χ1n) is 10.2. The lowest BCUT2D eigenvalue weighted by atomic mass is 10.1. The zero-order valence-electron chi connectivity index (χ0n) is 17.0. The fraction of sp³-hybridized carbons (Fsp3) is 0.292. The molecule has 1 amide bonds. The molecule has 0 saturated heterocycles. The average molecular weight is 405 g/mol. The molecular formula is C24H24FN3O2. The van der Waals surface area contributed by atoms with E-state index in [2.05, 4.69) is 31.2 Å². The van der Waals surface area contributed by atoms with E-state index in [1.807, 2.05) is 10.7 Å². The minimum absolute atomic E-state index is 0.0444. The molecule has 1 aliphatic heterocycles. The number of nitrogens with zero attached hydrogens (tertiary/aromatic N) is 3. The van der Waals surface area contributed by atoms with Crippen LogP contribution in [0.15, 0.2) is 54.6 Å². The second-order valence-electron chi connectivity index (χ2n) is 7.71. The number of carbonyl (C=O) groups is 2. The van der Waals surface area contributed by atoms with E-state index in [4.69, 9.17) is 5.10 Å². The van der Waals surface area contributed by atoms with Crippen molar-refractivity contribution >= 4 is 11.7 Å². The van der Waals surface area contributed by atoms with Crippen LogP contribution in [0.5, 0.6) is 0 Å². The number of amides is 1. The molecule has 0 atom stereocenters. The number of hydrogen-bond acceptors (Lipinski definition) is 3. The second kappa shape index (κ2) is 8.61. The van der Waals surface area contributed by atoms with Crippen LogP contribution in [0, 0.1) is 12.7 Å². The summed E-state index contributed by atoms with van der Waals surface area (Å²) >= 11 is 0. The molecule has 30 heavy (non-hydrogen) atoms. The molecule has 4 rings (SSSR count). The van der Waals surface area contributed by atoms with E-state index in [0.717, 1.165) is 29.9 Å². The maximum absolute atomic E-state index is 13.0. The third kappa shape index (κ3) is 4.48. The molecule has 6 heteroatoms. The number of Topliss-reactive ketones (excluding diaryl/α,β-unsaturated/α-hetero) is 1. The van der Waals surface area contributed by atoms with Crippen LogP contribution in [0.25, 0.3) is 11.3 Å². The predicted octanol–water partition coefficient (Wildman–Crippen LogP) is 4.39. The summed E-state index contributed by atoms with van der Waals surface area (Å²) in [6, 6.07) is 15.7. The Labute approximate surface area is 175 Å². The largest absolute Gasteiger partial charge is 0.337 e. The summed E-state index contributed by atoms with van der Waals surface area (Å²) in [5, 5.41) is 4.72. The van der Waals surface area contributed by atoms with Gasteiger partial charge >= 0.3 is 0 Å². The highest BCUT2D eigenvalue weighted by Gasteiger charge is 2.21. The van der Waals surface area contributed by atoms with Gasteiger partial charge in [0.15, 0.2) is 5.78 Å². The van der Waals surface area contributed by atoms with Crippen LogP contribution in [-0.2, 0) is 17.9 Å². The zero-order valence-corrected chi connectivity index (χ0v) is 17.0. The molecule has 0 spiro atoms. The molecule has 0 saturated carbocycles. The monoisotopic (exact) mass is 405 g/mol. The molecule has 2 heterocycles. The van der Waals surface area contributed by atoms with Crippen molar-refractivity contribution in [3.63, 3.8) is 0 Å². The van der Waals surface area contributed by atoms with E-state index >= 15 is 0 Å². The lowest BCUT2D eigenvalue weighted by Gasteiger charge is -2.19. The number of aryl methyl sites for hydroxylation is 2. The number of hydrogen-bond donors (Lipinski definition) is 0. The van der Waals surface area contributed by atoms with Gasteiger partial charge in [-0.25, -0.2) is 4.39 Å². The van der Waals surface area contributed by atoms with Crippen molar-refractivity contribution in [2.24, 2.45) is 0 Å². The van der Waals surface area contributed by atoms with Gasteiger partial charge in [0.2, 0.25) is 5.91 Å². The van der Waals surface area contributed by atoms with Crippen molar-refractivity contribution in [2.45, 2.75) is 39.3 Å². The minimum Gasteiger partial charge on any atom is -0.337 e. The van der Waals surface area contributed by atoms with Gasteiger partial charge < -0.3 is 4.90 Å². The Kier molecular flexibility index (Phi) is 5.74. The number of fused-ring (bicyclic) bond motifs is 1. The minimum atomic E-state index is -0.381. The normalized spacial score (nSPS) is 13.6. The Bertz CT molecular complexity index is 1060. The molecule has 154 valence electrons. The van der Waals surface area contributed by atoms with Gasteiger partial charge in [0.1, 0.15) is 5.82 Å². The first-order chi connectivity index (χ1) is 14.5. The van der Waals surface area contributed by atoms with Crippen molar-refractivity contribution in [3.05, 3.63) is 77.2 Å². The number of aromatic nitrogens is 2. The molecule has 0 aliphatic carbocycles. The van der Waals surface area contributed by atoms with E-state index in [1.54, 1.807) is 4.90 Å². The number of ketones is 1. The summed E-state index contributed by atoms with van der Waals surface area (Å²) in [5.74, 6) is -0.573. The number of carbonyl (C=O) groups excluding carboxylic acids is 2. The van der Waals surface area contributed by atoms with Gasteiger partial charge in [-0.15, -0.1) is 0 Å². The maximum Gasteiger partial charge on any atom is 0.223 e. The van der Waals surface area contributed by atoms with Crippen LogP contribution < -0.4 is 0 Å². The van der Waals surface area contributed by atoms with Gasteiger partial charge in [0.05, 0.1) is 17.9 Å². The topological polar surface area (TPSA) is 55.2 Å². The molecule has 2 aromatic carbocycles. The summed E-state index contributed by atoms with van der Waals surface area (Å²) in [4.78, 5) is 26.8. The van der Waals surface area contributed by atoms with Crippen molar-refractivity contribution in [3.8, 4) is 11.3 Å². The molecule has 0 radical (unpaired) electrons. The Hall–Kier alpha value is -3.28. The van der Waals surface area contributed by atoms with Crippen molar-refractivity contribution in [2.75, 3.05) is 6.54 Å². The third-order valence-electron chi connectivity index (χ3n) is 5.45. The first kappa shape index (κ1) is 20.0. The molecule has 1 aliphatic rings. The van der Waals surface area contributed by atoms with Crippen LogP contribution in [0.3, 0.4) is 0 Å². The van der Waals surface area contributed by atoms with Crippen LogP contribution >= 0.6 is 0 Å². The maximum atomic E-state index is 13.0. The highest BCUT2D eigenvalue weighted by atomic mass is 19.1. The van der Waals surface area contributed by atoms with E-state index < -0.39 is 0 Å². The van der Waals surface area contributed by atoms with Crippen LogP contribution in [-0.4, -0.2) is 32.9 Å². The first-order valence-corrected chi connectivity index (χ1v) is 10.2. The highest BCUT2D eigenvalue weighted by molar-refractivity contribution is 5.97. The van der Waals surface area contributed by atoms with Gasteiger partial charge in [-0.1, -0.05) is 29.8 Å². The summed E-state index contributed by atoms with van der Waals surface area (Å²) in [6.45, 7) is 3.95. The number of rotatable bonds is 5. The summed E-state index contributed by atoms with van der Waals surface area (Å²) in [5.41, 5.74) is 4.60. The molecular weight excluding hydrogens is 381 g/mol. The Balaban J connectivity index is 1.41. The SMILES string of the molecule is Cc1ccc(-c2cc3n(n2)CCCN(C(=O)CCC(=O)c2ccc(F)cc2)C3)cc1. The standard InChI is InChI=1S/C24H24FN3O2/c1-17-3-5-18(6-4-17)22-15-21-16-27(13-2-14-28(21)26-22)24(30)12-11-23(29)19-7-9-20(25)10-8-19/h3-10,15H,2,11-14,16H2,1H3. The summed E-state index contributed by atoms with van der Waals surface area (Å²) < 4.78 is 15.0. The Morgan fingerprint density at radius 3 is 2.47 bits per heavy atom. The summed E-state index contributed by atoms with van der Waals surface area (Å²) in [7, 11) is 0. The molecule has 0 fully saturated rings. The van der Waals surface area contributed by atoms with E-state index in [9.17, 15) is 14.0 Å². The van der Waals surface area contributed by atoms with E-state index in [-0.39, 0.29) is 30.3 Å². The van der Waals surface area contributed by atoms with Crippen molar-refractivity contribution < 1.29 is 14.0 Å². The Morgan fingerprint density at radius 1 is 1.00 bits per heavy atom. The van der Waals surface area contributed by atoms with Gasteiger partial charge in [0, 0.05) is 37.1 Å². The van der Waals surface area contributed by atoms with Crippen LogP contribution in [0.2, 0.25) is 0 Å². The zero-order chi connectivity index (χ0) is 21.1. The van der Waals surface area contributed by atoms with Crippen molar-refractivity contribution in [1.82, 2.24) is 14.7 Å². The fourth-order valence-corrected chi connectivity index (χ4v) is 3.70. The van der Waals surface area contributed by atoms with Crippen LogP contribution in [0.1, 0.15) is 40.9 Å².